The predicted octanol–water partition coefficient (Wildman–Crippen LogP) is 1.43. The fraction of sp³-hybridized carbons (Fsp3) is 0.400. The molecule has 6 heteroatoms. The van der Waals surface area contributed by atoms with Crippen molar-refractivity contribution in [1.82, 2.24) is 20.1 Å². The first-order chi connectivity index (χ1) is 10.3. The molecule has 1 aromatic heterocycles. The Kier molecular flexibility index (Phi) is 5.75. The number of amides is 1. The monoisotopic (exact) mass is 288 g/mol. The van der Waals surface area contributed by atoms with Crippen LogP contribution in [0, 0.1) is 0 Å². The van der Waals surface area contributed by atoms with Gasteiger partial charge in [-0.25, -0.2) is 4.98 Å². The average molecular weight is 288 g/mol. The molecule has 1 N–H and O–H groups in total. The van der Waals surface area contributed by atoms with Crippen LogP contribution in [-0.4, -0.2) is 34.3 Å². The van der Waals surface area contributed by atoms with Crippen LogP contribution in [0.15, 0.2) is 36.9 Å². The molecule has 0 aliphatic carbocycles. The molecule has 0 saturated heterocycles. The highest BCUT2D eigenvalue weighted by atomic mass is 16.5. The number of rotatable bonds is 8. The number of aromatic nitrogens is 3. The fourth-order valence-corrected chi connectivity index (χ4v) is 2.01. The minimum Gasteiger partial charge on any atom is -0.497 e. The number of aryl methyl sites for hydroxylation is 1. The van der Waals surface area contributed by atoms with E-state index in [9.17, 15) is 4.79 Å². The molecule has 1 amide bonds. The van der Waals surface area contributed by atoms with Gasteiger partial charge in [0.25, 0.3) is 0 Å². The summed E-state index contributed by atoms with van der Waals surface area (Å²) in [5.74, 6) is 0.907. The summed E-state index contributed by atoms with van der Waals surface area (Å²) >= 11 is 0. The summed E-state index contributed by atoms with van der Waals surface area (Å²) in [4.78, 5) is 15.6. The van der Waals surface area contributed by atoms with Gasteiger partial charge in [-0.1, -0.05) is 12.1 Å². The van der Waals surface area contributed by atoms with Crippen molar-refractivity contribution >= 4 is 5.91 Å². The summed E-state index contributed by atoms with van der Waals surface area (Å²) in [6.07, 6.45) is 5.20. The van der Waals surface area contributed by atoms with Crippen molar-refractivity contribution < 1.29 is 9.53 Å². The van der Waals surface area contributed by atoms with Crippen LogP contribution in [-0.2, 0) is 17.8 Å². The van der Waals surface area contributed by atoms with Crippen LogP contribution >= 0.6 is 0 Å². The summed E-state index contributed by atoms with van der Waals surface area (Å²) in [5.41, 5.74) is 1.15. The van der Waals surface area contributed by atoms with Crippen LogP contribution in [0.2, 0.25) is 0 Å². The van der Waals surface area contributed by atoms with Gasteiger partial charge in [0, 0.05) is 19.5 Å². The van der Waals surface area contributed by atoms with E-state index in [1.807, 2.05) is 24.3 Å². The number of nitrogens with one attached hydrogen (secondary N) is 1. The number of ether oxygens (including phenoxy) is 1. The summed E-state index contributed by atoms with van der Waals surface area (Å²) in [5, 5.41) is 6.92. The van der Waals surface area contributed by atoms with Crippen LogP contribution in [0.5, 0.6) is 5.75 Å². The highest BCUT2D eigenvalue weighted by molar-refractivity contribution is 5.75. The number of carbonyl (C=O) groups excluding carboxylic acids is 1. The van der Waals surface area contributed by atoms with E-state index in [1.165, 1.54) is 6.33 Å². The lowest BCUT2D eigenvalue weighted by molar-refractivity contribution is -0.121. The lowest BCUT2D eigenvalue weighted by Gasteiger charge is -2.07. The minimum absolute atomic E-state index is 0.0676. The van der Waals surface area contributed by atoms with Gasteiger partial charge in [0.05, 0.1) is 7.11 Å². The number of hydrogen-bond donors (Lipinski definition) is 1. The first-order valence-electron chi connectivity index (χ1n) is 7.00. The quantitative estimate of drug-likeness (QED) is 0.797. The van der Waals surface area contributed by atoms with Gasteiger partial charge >= 0.3 is 0 Å². The Morgan fingerprint density at radius 3 is 3.10 bits per heavy atom. The molecule has 6 nitrogen and oxygen atoms in total. The molecule has 0 spiro atoms. The lowest BCUT2D eigenvalue weighted by Crippen LogP contribution is -2.25. The maximum absolute atomic E-state index is 11.7. The maximum Gasteiger partial charge on any atom is 0.220 e. The van der Waals surface area contributed by atoms with Gasteiger partial charge in [-0.2, -0.15) is 5.10 Å². The molecular weight excluding hydrogens is 268 g/mol. The molecular formula is C15H20N4O2. The molecule has 0 unspecified atom stereocenters. The number of carbonyl (C=O) groups is 1. The molecule has 112 valence electrons. The van der Waals surface area contributed by atoms with Crippen LogP contribution in [0.4, 0.5) is 0 Å². The second-order valence-electron chi connectivity index (χ2n) is 4.71. The second-order valence-corrected chi connectivity index (χ2v) is 4.71. The molecule has 2 aromatic rings. The largest absolute Gasteiger partial charge is 0.497 e. The van der Waals surface area contributed by atoms with Crippen molar-refractivity contribution in [3.63, 3.8) is 0 Å². The molecule has 0 saturated carbocycles. The van der Waals surface area contributed by atoms with E-state index in [0.29, 0.717) is 19.5 Å². The Morgan fingerprint density at radius 2 is 2.33 bits per heavy atom. The van der Waals surface area contributed by atoms with Gasteiger partial charge in [-0.05, 0) is 30.5 Å². The zero-order valence-electron chi connectivity index (χ0n) is 12.2. The zero-order valence-corrected chi connectivity index (χ0v) is 12.2. The SMILES string of the molecule is COc1cccc(CCNC(=O)CCCn2cncn2)c1. The van der Waals surface area contributed by atoms with Crippen molar-refractivity contribution in [3.8, 4) is 5.75 Å². The van der Waals surface area contributed by atoms with E-state index >= 15 is 0 Å². The van der Waals surface area contributed by atoms with Crippen LogP contribution in [0.3, 0.4) is 0 Å². The normalized spacial score (nSPS) is 10.3. The van der Waals surface area contributed by atoms with E-state index in [4.69, 9.17) is 4.74 Å². The first kappa shape index (κ1) is 15.0. The molecule has 0 fully saturated rings. The number of methoxy groups -OCH3 is 1. The zero-order chi connectivity index (χ0) is 14.9. The van der Waals surface area contributed by atoms with Crippen LogP contribution in [0.1, 0.15) is 18.4 Å². The van der Waals surface area contributed by atoms with Crippen molar-refractivity contribution in [2.75, 3.05) is 13.7 Å². The van der Waals surface area contributed by atoms with Gasteiger partial charge in [0.2, 0.25) is 5.91 Å². The van der Waals surface area contributed by atoms with Crippen molar-refractivity contribution in [2.24, 2.45) is 0 Å². The Bertz CT molecular complexity index is 555. The lowest BCUT2D eigenvalue weighted by atomic mass is 10.1. The highest BCUT2D eigenvalue weighted by Crippen LogP contribution is 2.12. The molecule has 21 heavy (non-hydrogen) atoms. The fourth-order valence-electron chi connectivity index (χ4n) is 2.01. The molecule has 1 aromatic carbocycles. The van der Waals surface area contributed by atoms with Crippen molar-refractivity contribution in [3.05, 3.63) is 42.5 Å². The van der Waals surface area contributed by atoms with Gasteiger partial charge in [-0.3, -0.25) is 9.48 Å². The van der Waals surface area contributed by atoms with E-state index in [-0.39, 0.29) is 5.91 Å². The third kappa shape index (κ3) is 5.25. The standard InChI is InChI=1S/C15H20N4O2/c1-21-14-5-2-4-13(10-14)7-8-17-15(20)6-3-9-19-12-16-11-18-19/h2,4-5,10-12H,3,6-9H2,1H3,(H,17,20). The molecule has 0 aliphatic rings. The van der Waals surface area contributed by atoms with E-state index < -0.39 is 0 Å². The Morgan fingerprint density at radius 1 is 1.43 bits per heavy atom. The van der Waals surface area contributed by atoms with Crippen molar-refractivity contribution in [2.45, 2.75) is 25.8 Å². The summed E-state index contributed by atoms with van der Waals surface area (Å²) in [6.45, 7) is 1.35. The minimum atomic E-state index is 0.0676. The number of nitrogens with zero attached hydrogens (tertiary/aromatic N) is 3. The molecule has 1 heterocycles. The van der Waals surface area contributed by atoms with Crippen molar-refractivity contribution in [1.29, 1.82) is 0 Å². The molecule has 0 radical (unpaired) electrons. The topological polar surface area (TPSA) is 69.0 Å². The molecule has 0 aliphatic heterocycles. The summed E-state index contributed by atoms with van der Waals surface area (Å²) in [6, 6.07) is 7.87. The van der Waals surface area contributed by atoms with E-state index in [1.54, 1.807) is 18.1 Å². The van der Waals surface area contributed by atoms with E-state index in [2.05, 4.69) is 15.4 Å². The third-order valence-corrected chi connectivity index (χ3v) is 3.13. The van der Waals surface area contributed by atoms with Crippen LogP contribution in [0.25, 0.3) is 0 Å². The second kappa shape index (κ2) is 8.04. The molecule has 0 atom stereocenters. The van der Waals surface area contributed by atoms with Gasteiger partial charge < -0.3 is 10.1 Å². The first-order valence-corrected chi connectivity index (χ1v) is 7.00. The smallest absolute Gasteiger partial charge is 0.220 e. The average Bonchev–Trinajstić information content (AvgIpc) is 3.01. The van der Waals surface area contributed by atoms with Gasteiger partial charge in [-0.15, -0.1) is 0 Å². The number of benzene rings is 1. The van der Waals surface area contributed by atoms with Crippen LogP contribution < -0.4 is 10.1 Å². The third-order valence-electron chi connectivity index (χ3n) is 3.13. The van der Waals surface area contributed by atoms with Gasteiger partial charge in [0.1, 0.15) is 18.4 Å². The molecule has 2 rings (SSSR count). The Hall–Kier alpha value is -2.37. The Balaban J connectivity index is 1.62. The maximum atomic E-state index is 11.7. The summed E-state index contributed by atoms with van der Waals surface area (Å²) < 4.78 is 6.90. The summed E-state index contributed by atoms with van der Waals surface area (Å²) in [7, 11) is 1.65. The predicted molar refractivity (Wildman–Crippen MR) is 79.0 cm³/mol. The highest BCUT2D eigenvalue weighted by Gasteiger charge is 2.02. The molecule has 0 bridgehead atoms. The Labute approximate surface area is 124 Å². The van der Waals surface area contributed by atoms with Gasteiger partial charge in [0.15, 0.2) is 0 Å². The van der Waals surface area contributed by atoms with E-state index in [0.717, 1.165) is 24.2 Å². The number of hydrogen-bond acceptors (Lipinski definition) is 4.